The van der Waals surface area contributed by atoms with Gasteiger partial charge in [0.1, 0.15) is 0 Å². The third kappa shape index (κ3) is 1.76. The van der Waals surface area contributed by atoms with Crippen molar-refractivity contribution < 1.29 is 0 Å². The molecular weight excluding hydrogens is 268 g/mol. The monoisotopic (exact) mass is 278 g/mol. The normalized spacial score (nSPS) is 11.2. The van der Waals surface area contributed by atoms with Crippen LogP contribution in [0.1, 0.15) is 10.6 Å². The molecule has 0 aliphatic carbocycles. The van der Waals surface area contributed by atoms with Gasteiger partial charge in [0.2, 0.25) is 5.95 Å². The Bertz CT molecular complexity index is 716. The molecule has 2 aromatic heterocycles. The van der Waals surface area contributed by atoms with Gasteiger partial charge in [-0.3, -0.25) is 0 Å². The Kier molecular flexibility index (Phi) is 2.72. The summed E-state index contributed by atoms with van der Waals surface area (Å²) in [6.45, 7) is 2.64. The van der Waals surface area contributed by atoms with Gasteiger partial charge in [-0.1, -0.05) is 17.7 Å². The molecule has 3 aromatic rings. The number of nitrogens with two attached hydrogens (primary N) is 1. The molecule has 0 bridgehead atoms. The first-order valence-corrected chi connectivity index (χ1v) is 6.72. The first kappa shape index (κ1) is 11.5. The maximum absolute atomic E-state index is 6.23. The Morgan fingerprint density at radius 2 is 2.28 bits per heavy atom. The average Bonchev–Trinajstić information content (AvgIpc) is 2.86. The lowest BCUT2D eigenvalue weighted by molar-refractivity contribution is 0.843. The molecule has 0 radical (unpaired) electrons. The largest absolute Gasteiger partial charge is 0.369 e. The molecule has 4 nitrogen and oxygen atoms in total. The number of benzene rings is 1. The highest BCUT2D eigenvalue weighted by Crippen LogP contribution is 2.27. The summed E-state index contributed by atoms with van der Waals surface area (Å²) in [5.41, 5.74) is 10.5. The van der Waals surface area contributed by atoms with Gasteiger partial charge in [-0.2, -0.15) is 0 Å². The zero-order valence-corrected chi connectivity index (χ0v) is 11.3. The van der Waals surface area contributed by atoms with Crippen molar-refractivity contribution in [2.24, 2.45) is 0 Å². The number of aryl methyl sites for hydroxylation is 1. The fourth-order valence-corrected chi connectivity index (χ4v) is 2.98. The maximum atomic E-state index is 6.23. The van der Waals surface area contributed by atoms with Gasteiger partial charge in [-0.25, -0.2) is 9.97 Å². The summed E-state index contributed by atoms with van der Waals surface area (Å²) >= 11 is 7.84. The SMILES string of the molecule is Cc1ncsc1Cn1c(N)nc2cccc(Cl)c21. The molecule has 0 atom stereocenters. The van der Waals surface area contributed by atoms with Crippen LogP contribution < -0.4 is 5.73 Å². The number of imidazole rings is 1. The van der Waals surface area contributed by atoms with Crippen molar-refractivity contribution in [2.75, 3.05) is 5.73 Å². The molecule has 0 saturated carbocycles. The van der Waals surface area contributed by atoms with Gasteiger partial charge < -0.3 is 10.3 Å². The number of aromatic nitrogens is 3. The van der Waals surface area contributed by atoms with Crippen LogP contribution in [0.5, 0.6) is 0 Å². The van der Waals surface area contributed by atoms with E-state index in [9.17, 15) is 0 Å². The van der Waals surface area contributed by atoms with Crippen molar-refractivity contribution in [1.82, 2.24) is 14.5 Å². The van der Waals surface area contributed by atoms with Crippen molar-refractivity contribution >= 4 is 39.9 Å². The minimum atomic E-state index is 0.478. The molecule has 1 aromatic carbocycles. The Morgan fingerprint density at radius 1 is 1.44 bits per heavy atom. The minimum Gasteiger partial charge on any atom is -0.369 e. The van der Waals surface area contributed by atoms with E-state index in [0.717, 1.165) is 16.7 Å². The zero-order valence-electron chi connectivity index (χ0n) is 9.72. The highest BCUT2D eigenvalue weighted by Gasteiger charge is 2.13. The molecule has 6 heteroatoms. The van der Waals surface area contributed by atoms with Crippen LogP contribution in [0.3, 0.4) is 0 Å². The predicted octanol–water partition coefficient (Wildman–Crippen LogP) is 3.09. The van der Waals surface area contributed by atoms with Crippen LogP contribution in [0.4, 0.5) is 5.95 Å². The highest BCUT2D eigenvalue weighted by atomic mass is 35.5. The Morgan fingerprint density at radius 3 is 3.00 bits per heavy atom. The quantitative estimate of drug-likeness (QED) is 0.784. The van der Waals surface area contributed by atoms with Crippen LogP contribution >= 0.6 is 22.9 Å². The van der Waals surface area contributed by atoms with E-state index in [0.29, 0.717) is 17.5 Å². The standard InChI is InChI=1S/C12H11ClN4S/c1-7-10(18-6-15-7)5-17-11-8(13)3-2-4-9(11)16-12(17)14/h2-4,6H,5H2,1H3,(H2,14,16). The molecule has 0 aliphatic heterocycles. The van der Waals surface area contributed by atoms with E-state index in [1.54, 1.807) is 11.3 Å². The summed E-state index contributed by atoms with van der Waals surface area (Å²) in [4.78, 5) is 9.73. The second-order valence-corrected chi connectivity index (χ2v) is 5.37. The van der Waals surface area contributed by atoms with E-state index < -0.39 is 0 Å². The van der Waals surface area contributed by atoms with Crippen molar-refractivity contribution in [3.8, 4) is 0 Å². The van der Waals surface area contributed by atoms with Gasteiger partial charge in [-0.15, -0.1) is 11.3 Å². The van der Waals surface area contributed by atoms with Crippen LogP contribution in [0.2, 0.25) is 5.02 Å². The third-order valence-corrected chi connectivity index (χ3v) is 4.12. The van der Waals surface area contributed by atoms with Crippen LogP contribution in [0.25, 0.3) is 11.0 Å². The van der Waals surface area contributed by atoms with E-state index >= 15 is 0 Å². The molecule has 0 spiro atoms. The van der Waals surface area contributed by atoms with Gasteiger partial charge in [0.05, 0.1) is 33.8 Å². The number of thiazole rings is 1. The number of halogens is 1. The zero-order chi connectivity index (χ0) is 12.7. The third-order valence-electron chi connectivity index (χ3n) is 2.89. The number of hydrogen-bond donors (Lipinski definition) is 1. The molecule has 0 unspecified atom stereocenters. The molecule has 18 heavy (non-hydrogen) atoms. The van der Waals surface area contributed by atoms with Crippen molar-refractivity contribution in [3.05, 3.63) is 39.3 Å². The van der Waals surface area contributed by atoms with Crippen LogP contribution in [0, 0.1) is 6.92 Å². The Balaban J connectivity index is 2.17. The number of hydrogen-bond acceptors (Lipinski definition) is 4. The molecule has 2 heterocycles. The number of fused-ring (bicyclic) bond motifs is 1. The van der Waals surface area contributed by atoms with Gasteiger partial charge >= 0.3 is 0 Å². The topological polar surface area (TPSA) is 56.7 Å². The second kappa shape index (κ2) is 4.26. The summed E-state index contributed by atoms with van der Waals surface area (Å²) in [6, 6.07) is 5.63. The van der Waals surface area contributed by atoms with Crippen molar-refractivity contribution in [1.29, 1.82) is 0 Å². The number of rotatable bonds is 2. The fourth-order valence-electron chi connectivity index (χ4n) is 1.94. The van der Waals surface area contributed by atoms with E-state index in [4.69, 9.17) is 17.3 Å². The number of para-hydroxylation sites is 1. The smallest absolute Gasteiger partial charge is 0.201 e. The predicted molar refractivity (Wildman–Crippen MR) is 75.1 cm³/mol. The molecule has 3 rings (SSSR count). The van der Waals surface area contributed by atoms with Gasteiger partial charge in [-0.05, 0) is 19.1 Å². The Labute approximate surface area is 113 Å². The number of nitrogen functional groups attached to an aromatic ring is 1. The van der Waals surface area contributed by atoms with E-state index in [1.165, 1.54) is 4.88 Å². The van der Waals surface area contributed by atoms with E-state index in [-0.39, 0.29) is 0 Å². The highest BCUT2D eigenvalue weighted by molar-refractivity contribution is 7.09. The number of anilines is 1. The van der Waals surface area contributed by atoms with Gasteiger partial charge in [0.25, 0.3) is 0 Å². The summed E-state index contributed by atoms with van der Waals surface area (Å²) in [5, 5.41) is 0.666. The molecule has 92 valence electrons. The molecule has 0 aliphatic rings. The first-order chi connectivity index (χ1) is 8.66. The minimum absolute atomic E-state index is 0.478. The molecule has 0 amide bonds. The molecule has 0 saturated heterocycles. The lowest BCUT2D eigenvalue weighted by Gasteiger charge is -2.06. The molecular formula is C12H11ClN4S. The summed E-state index contributed by atoms with van der Waals surface area (Å²) in [6.07, 6.45) is 0. The van der Waals surface area contributed by atoms with Crippen LogP contribution in [-0.2, 0) is 6.54 Å². The Hall–Kier alpha value is -1.59. The molecule has 2 N–H and O–H groups in total. The van der Waals surface area contributed by atoms with Gasteiger partial charge in [0.15, 0.2) is 0 Å². The summed E-state index contributed by atoms with van der Waals surface area (Å²) in [7, 11) is 0. The lowest BCUT2D eigenvalue weighted by atomic mass is 10.3. The van der Waals surface area contributed by atoms with Crippen molar-refractivity contribution in [3.63, 3.8) is 0 Å². The van der Waals surface area contributed by atoms with E-state index in [2.05, 4.69) is 9.97 Å². The second-order valence-electron chi connectivity index (χ2n) is 4.02. The van der Waals surface area contributed by atoms with Crippen molar-refractivity contribution in [2.45, 2.75) is 13.5 Å². The number of nitrogens with zero attached hydrogens (tertiary/aromatic N) is 3. The van der Waals surface area contributed by atoms with Crippen LogP contribution in [0.15, 0.2) is 23.7 Å². The van der Waals surface area contributed by atoms with Gasteiger partial charge in [0, 0.05) is 4.88 Å². The lowest BCUT2D eigenvalue weighted by Crippen LogP contribution is -2.04. The fraction of sp³-hybridized carbons (Fsp3) is 0.167. The van der Waals surface area contributed by atoms with Crippen LogP contribution in [-0.4, -0.2) is 14.5 Å². The molecule has 0 fully saturated rings. The first-order valence-electron chi connectivity index (χ1n) is 5.46. The van der Waals surface area contributed by atoms with E-state index in [1.807, 2.05) is 35.2 Å². The summed E-state index contributed by atoms with van der Waals surface area (Å²) < 4.78 is 1.93. The average molecular weight is 279 g/mol. The maximum Gasteiger partial charge on any atom is 0.201 e. The summed E-state index contributed by atoms with van der Waals surface area (Å²) in [5.74, 6) is 0.478.